The van der Waals surface area contributed by atoms with E-state index in [1.54, 1.807) is 0 Å². The first-order valence-electron chi connectivity index (χ1n) is 6.87. The summed E-state index contributed by atoms with van der Waals surface area (Å²) >= 11 is 0. The van der Waals surface area contributed by atoms with Gasteiger partial charge in [0.2, 0.25) is 0 Å². The fourth-order valence-electron chi connectivity index (χ4n) is 1.77. The SMILES string of the molecule is O=C(O[P+]([O-])([O-])OC(=O)c1ccc([N+](=O)[O-])cc1)c1ccc([N+](=O)[O-])cc1.[Na+]. The molecule has 2 aromatic rings. The number of hydrogen-bond acceptors (Lipinski definition) is 10. The molecule has 0 saturated carbocycles. The van der Waals surface area contributed by atoms with Gasteiger partial charge in [0.15, 0.2) is 0 Å². The molecular formula is C14H8N2NaO10P. The van der Waals surface area contributed by atoms with Crippen LogP contribution >= 0.6 is 8.17 Å². The Bertz CT molecular complexity index is 828. The normalized spacial score (nSPS) is 10.4. The fraction of sp³-hybridized carbons (Fsp3) is 0. The van der Waals surface area contributed by atoms with Gasteiger partial charge in [-0.25, -0.2) is 9.59 Å². The van der Waals surface area contributed by atoms with Crippen LogP contribution in [0.2, 0.25) is 0 Å². The van der Waals surface area contributed by atoms with Crippen LogP contribution in [0.3, 0.4) is 0 Å². The maximum Gasteiger partial charge on any atom is 1.00 e. The average molecular weight is 418 g/mol. The molecule has 0 radical (unpaired) electrons. The van der Waals surface area contributed by atoms with Gasteiger partial charge in [0.25, 0.3) is 11.4 Å². The molecule has 0 fully saturated rings. The molecule has 0 aliphatic rings. The van der Waals surface area contributed by atoms with Crippen LogP contribution in [-0.2, 0) is 9.05 Å². The Hall–Kier alpha value is -2.47. The summed E-state index contributed by atoms with van der Waals surface area (Å²) in [5.74, 6) is -2.83. The summed E-state index contributed by atoms with van der Waals surface area (Å²) in [7, 11) is -5.41. The number of carbonyl (C=O) groups excluding carboxylic acids is 2. The Morgan fingerprint density at radius 1 is 0.714 bits per heavy atom. The summed E-state index contributed by atoms with van der Waals surface area (Å²) in [4.78, 5) is 66.4. The van der Waals surface area contributed by atoms with E-state index in [0.717, 1.165) is 48.5 Å². The zero-order chi connectivity index (χ0) is 20.2. The van der Waals surface area contributed by atoms with Crippen molar-refractivity contribution in [3.63, 3.8) is 0 Å². The number of nitrogens with zero attached hydrogens (tertiary/aromatic N) is 2. The van der Waals surface area contributed by atoms with Crippen molar-refractivity contribution in [1.82, 2.24) is 0 Å². The predicted octanol–water partition coefficient (Wildman–Crippen LogP) is -2.08. The van der Waals surface area contributed by atoms with E-state index in [1.807, 2.05) is 0 Å². The number of nitro groups is 2. The van der Waals surface area contributed by atoms with E-state index in [4.69, 9.17) is 0 Å². The quantitative estimate of drug-likeness (QED) is 0.218. The molecule has 0 bridgehead atoms. The van der Waals surface area contributed by atoms with Gasteiger partial charge < -0.3 is 9.79 Å². The maximum atomic E-state index is 11.7. The van der Waals surface area contributed by atoms with E-state index < -0.39 is 30.0 Å². The monoisotopic (exact) mass is 418 g/mol. The van der Waals surface area contributed by atoms with Gasteiger partial charge in [-0.15, -0.1) is 0 Å². The van der Waals surface area contributed by atoms with Crippen molar-refractivity contribution in [2.24, 2.45) is 0 Å². The van der Waals surface area contributed by atoms with Crippen LogP contribution in [0.25, 0.3) is 0 Å². The zero-order valence-electron chi connectivity index (χ0n) is 14.0. The Balaban J connectivity index is 0.00000392. The summed E-state index contributed by atoms with van der Waals surface area (Å²) in [6, 6.07) is 7.64. The van der Waals surface area contributed by atoms with Crippen LogP contribution in [0.4, 0.5) is 11.4 Å². The van der Waals surface area contributed by atoms with E-state index in [9.17, 15) is 39.6 Å². The zero-order valence-corrected chi connectivity index (χ0v) is 16.9. The molecule has 0 heterocycles. The Morgan fingerprint density at radius 2 is 1.00 bits per heavy atom. The van der Waals surface area contributed by atoms with Crippen molar-refractivity contribution < 1.29 is 67.8 Å². The first-order chi connectivity index (χ1) is 12.6. The molecule has 0 aliphatic carbocycles. The number of benzene rings is 2. The van der Waals surface area contributed by atoms with Crippen molar-refractivity contribution in [2.75, 3.05) is 0 Å². The van der Waals surface area contributed by atoms with Gasteiger partial charge in [0, 0.05) is 24.3 Å². The minimum Gasteiger partial charge on any atom is -0.619 e. The summed E-state index contributed by atoms with van der Waals surface area (Å²) < 4.78 is 8.24. The molecule has 0 unspecified atom stereocenters. The van der Waals surface area contributed by atoms with Crippen molar-refractivity contribution in [3.8, 4) is 0 Å². The summed E-state index contributed by atoms with van der Waals surface area (Å²) in [5, 5.41) is 21.1. The van der Waals surface area contributed by atoms with Crippen LogP contribution in [0.5, 0.6) is 0 Å². The van der Waals surface area contributed by atoms with Crippen LogP contribution in [0.15, 0.2) is 48.5 Å². The van der Waals surface area contributed by atoms with E-state index in [0.29, 0.717) is 0 Å². The van der Waals surface area contributed by atoms with Gasteiger partial charge in [-0.05, 0) is 24.3 Å². The Kier molecular flexibility index (Phi) is 8.12. The third-order valence-electron chi connectivity index (χ3n) is 3.02. The molecule has 0 spiro atoms. The van der Waals surface area contributed by atoms with E-state index in [1.165, 1.54) is 0 Å². The second kappa shape index (κ2) is 9.64. The van der Waals surface area contributed by atoms with Gasteiger partial charge in [-0.3, -0.25) is 29.3 Å². The van der Waals surface area contributed by atoms with Crippen LogP contribution in [-0.4, -0.2) is 21.8 Å². The van der Waals surface area contributed by atoms with Gasteiger partial charge in [0.05, 0.1) is 21.0 Å². The second-order valence-electron chi connectivity index (χ2n) is 4.81. The third-order valence-corrected chi connectivity index (χ3v) is 3.80. The summed E-state index contributed by atoms with van der Waals surface area (Å²) in [5.41, 5.74) is -1.32. The number of rotatable bonds is 6. The molecule has 0 atom stereocenters. The van der Waals surface area contributed by atoms with Gasteiger partial charge in [-0.2, -0.15) is 0 Å². The standard InChI is InChI=1S/C14H9N2O10P.Na/c17-13(9-1-5-11(6-2-9)15(19)20)25-27(23,24)26-14(18)10-3-7-12(8-4-10)16(21)22;/h1-8H,(H,23,24);/q;+1/p-1. The van der Waals surface area contributed by atoms with Crippen molar-refractivity contribution >= 4 is 31.5 Å². The number of non-ortho nitro benzene ring substituents is 2. The third kappa shape index (κ3) is 6.30. The van der Waals surface area contributed by atoms with Gasteiger partial charge in [0.1, 0.15) is 0 Å². The van der Waals surface area contributed by atoms with Gasteiger partial charge in [-0.1, -0.05) is 0 Å². The minimum absolute atomic E-state index is 0. The molecule has 0 N–H and O–H groups in total. The van der Waals surface area contributed by atoms with Crippen molar-refractivity contribution in [2.45, 2.75) is 0 Å². The molecular weight excluding hydrogens is 410 g/mol. The molecule has 0 aliphatic heterocycles. The maximum absolute atomic E-state index is 11.7. The fourth-order valence-corrected chi connectivity index (χ4v) is 2.42. The van der Waals surface area contributed by atoms with Crippen LogP contribution in [0, 0.1) is 20.2 Å². The predicted molar refractivity (Wildman–Crippen MR) is 83.9 cm³/mol. The number of carbonyl (C=O) groups is 2. The molecule has 0 aromatic heterocycles. The molecule has 140 valence electrons. The first-order valence-corrected chi connectivity index (χ1v) is 8.33. The summed E-state index contributed by atoms with van der Waals surface area (Å²) in [6.07, 6.45) is 0. The molecule has 2 rings (SSSR count). The molecule has 2 aromatic carbocycles. The molecule has 28 heavy (non-hydrogen) atoms. The van der Waals surface area contributed by atoms with E-state index in [-0.39, 0.29) is 52.1 Å². The summed E-state index contributed by atoms with van der Waals surface area (Å²) in [6.45, 7) is 0. The molecule has 14 heteroatoms. The molecule has 12 nitrogen and oxygen atoms in total. The van der Waals surface area contributed by atoms with Crippen LogP contribution < -0.4 is 39.3 Å². The Morgan fingerprint density at radius 3 is 1.25 bits per heavy atom. The smallest absolute Gasteiger partial charge is 0.619 e. The van der Waals surface area contributed by atoms with E-state index in [2.05, 4.69) is 9.05 Å². The first kappa shape index (κ1) is 23.6. The minimum atomic E-state index is -5.41. The average Bonchev–Trinajstić information content (AvgIpc) is 2.61. The van der Waals surface area contributed by atoms with E-state index >= 15 is 0 Å². The Labute approximate surface area is 179 Å². The second-order valence-corrected chi connectivity index (χ2v) is 6.07. The van der Waals surface area contributed by atoms with Crippen molar-refractivity contribution in [1.29, 1.82) is 0 Å². The topological polar surface area (TPSA) is 185 Å². The number of phosphoric ester groups is 1. The molecule has 0 amide bonds. The van der Waals surface area contributed by atoms with Gasteiger partial charge >= 0.3 is 49.7 Å². The molecule has 0 saturated heterocycles. The van der Waals surface area contributed by atoms with Crippen molar-refractivity contribution in [3.05, 3.63) is 79.9 Å². The van der Waals surface area contributed by atoms with Crippen LogP contribution in [0.1, 0.15) is 20.7 Å². The largest absolute Gasteiger partial charge is 1.00 e. The number of hydrogen-bond donors (Lipinski definition) is 0. The number of phosphoric acid groups is 1. The number of nitro benzene ring substituents is 2.